The topological polar surface area (TPSA) is 78.4 Å². The smallest absolute Gasteiger partial charge is 0.326 e. The van der Waals surface area contributed by atoms with Gasteiger partial charge in [-0.25, -0.2) is 9.59 Å². The van der Waals surface area contributed by atoms with Crippen LogP contribution in [0.5, 0.6) is 0 Å². The van der Waals surface area contributed by atoms with E-state index in [4.69, 9.17) is 5.11 Å². The highest BCUT2D eigenvalue weighted by atomic mass is 32.2. The summed E-state index contributed by atoms with van der Waals surface area (Å²) in [6, 6.07) is -1.22. The third kappa shape index (κ3) is 7.10. The zero-order valence-corrected chi connectivity index (χ0v) is 11.6. The summed E-state index contributed by atoms with van der Waals surface area (Å²) in [4.78, 5) is 22.5. The third-order valence-corrected chi connectivity index (χ3v) is 3.22. The lowest BCUT2D eigenvalue weighted by atomic mass is 10.1. The Morgan fingerprint density at radius 2 is 1.82 bits per heavy atom. The molecule has 2 atom stereocenters. The fourth-order valence-electron chi connectivity index (χ4n) is 1.07. The minimum absolute atomic E-state index is 0.0185. The number of carbonyl (C=O) groups is 2. The molecule has 0 saturated heterocycles. The molecule has 5 nitrogen and oxygen atoms in total. The van der Waals surface area contributed by atoms with Gasteiger partial charge in [0.05, 0.1) is 0 Å². The van der Waals surface area contributed by atoms with E-state index in [0.29, 0.717) is 18.1 Å². The van der Waals surface area contributed by atoms with Crippen LogP contribution in [-0.2, 0) is 4.79 Å². The van der Waals surface area contributed by atoms with Gasteiger partial charge in [-0.15, -0.1) is 0 Å². The molecule has 0 aliphatic heterocycles. The average molecular weight is 262 g/mol. The molecule has 0 radical (unpaired) electrons. The van der Waals surface area contributed by atoms with Crippen LogP contribution in [0.1, 0.15) is 27.2 Å². The maximum absolute atomic E-state index is 11.5. The number of nitrogens with one attached hydrogen (secondary N) is 2. The van der Waals surface area contributed by atoms with Crippen molar-refractivity contribution in [3.05, 3.63) is 0 Å². The first-order valence-corrected chi connectivity index (χ1v) is 7.06. The Balaban J connectivity index is 4.16. The van der Waals surface area contributed by atoms with Gasteiger partial charge < -0.3 is 15.7 Å². The van der Waals surface area contributed by atoms with Gasteiger partial charge in [0.25, 0.3) is 0 Å². The highest BCUT2D eigenvalue weighted by Crippen LogP contribution is 2.02. The van der Waals surface area contributed by atoms with E-state index in [9.17, 15) is 9.59 Å². The van der Waals surface area contributed by atoms with Crippen molar-refractivity contribution in [1.29, 1.82) is 0 Å². The van der Waals surface area contributed by atoms with Crippen molar-refractivity contribution >= 4 is 23.8 Å². The predicted molar refractivity (Wildman–Crippen MR) is 70.4 cm³/mol. The molecule has 0 aliphatic rings. The standard InChI is InChI=1S/C11H22N2O3S/c1-7(2)8(3)12-11(16)13-9(10(14)15)5-6-17-4/h7-9H,5-6H2,1-4H3,(H,14,15)(H2,12,13,16)/t8?,9-/m0/s1. The summed E-state index contributed by atoms with van der Waals surface area (Å²) in [6.07, 6.45) is 2.33. The molecular weight excluding hydrogens is 240 g/mol. The van der Waals surface area contributed by atoms with Gasteiger partial charge in [0, 0.05) is 6.04 Å². The van der Waals surface area contributed by atoms with Gasteiger partial charge in [-0.3, -0.25) is 0 Å². The fraction of sp³-hybridized carbons (Fsp3) is 0.818. The van der Waals surface area contributed by atoms with Crippen molar-refractivity contribution in [3.63, 3.8) is 0 Å². The largest absolute Gasteiger partial charge is 0.480 e. The van der Waals surface area contributed by atoms with Gasteiger partial charge in [-0.1, -0.05) is 13.8 Å². The molecule has 6 heteroatoms. The van der Waals surface area contributed by atoms with Crippen molar-refractivity contribution in [3.8, 4) is 0 Å². The van der Waals surface area contributed by atoms with Gasteiger partial charge in [-0.05, 0) is 31.3 Å². The van der Waals surface area contributed by atoms with Crippen LogP contribution >= 0.6 is 11.8 Å². The lowest BCUT2D eigenvalue weighted by molar-refractivity contribution is -0.139. The molecule has 0 rings (SSSR count). The van der Waals surface area contributed by atoms with Crippen LogP contribution < -0.4 is 10.6 Å². The number of thioether (sulfide) groups is 1. The maximum atomic E-state index is 11.5. The van der Waals surface area contributed by atoms with Crippen LogP contribution in [-0.4, -0.2) is 41.2 Å². The lowest BCUT2D eigenvalue weighted by Crippen LogP contribution is -2.49. The number of amides is 2. The minimum atomic E-state index is -0.994. The molecular formula is C11H22N2O3S. The lowest BCUT2D eigenvalue weighted by Gasteiger charge is -2.20. The number of carboxylic acids is 1. The molecule has 0 aromatic carbocycles. The number of rotatable bonds is 7. The highest BCUT2D eigenvalue weighted by Gasteiger charge is 2.20. The first-order valence-electron chi connectivity index (χ1n) is 5.67. The van der Waals surface area contributed by atoms with Gasteiger partial charge in [0.15, 0.2) is 0 Å². The Morgan fingerprint density at radius 1 is 1.24 bits per heavy atom. The van der Waals surface area contributed by atoms with E-state index in [1.165, 1.54) is 0 Å². The van der Waals surface area contributed by atoms with E-state index < -0.39 is 18.0 Å². The zero-order valence-electron chi connectivity index (χ0n) is 10.8. The molecule has 100 valence electrons. The fourth-order valence-corrected chi connectivity index (χ4v) is 1.54. The molecule has 0 spiro atoms. The first-order chi connectivity index (χ1) is 7.88. The molecule has 0 saturated carbocycles. The van der Waals surface area contributed by atoms with Crippen LogP contribution in [0.2, 0.25) is 0 Å². The Kier molecular flexibility index (Phi) is 7.78. The monoisotopic (exact) mass is 262 g/mol. The summed E-state index contributed by atoms with van der Waals surface area (Å²) in [5, 5.41) is 14.1. The maximum Gasteiger partial charge on any atom is 0.326 e. The van der Waals surface area contributed by atoms with Crippen molar-refractivity contribution in [1.82, 2.24) is 10.6 Å². The number of hydrogen-bond donors (Lipinski definition) is 3. The molecule has 17 heavy (non-hydrogen) atoms. The average Bonchev–Trinajstić information content (AvgIpc) is 2.23. The summed E-state index contributed by atoms with van der Waals surface area (Å²) >= 11 is 1.56. The van der Waals surface area contributed by atoms with Crippen molar-refractivity contribution in [2.75, 3.05) is 12.0 Å². The number of aliphatic carboxylic acids is 1. The number of hydrogen-bond acceptors (Lipinski definition) is 3. The van der Waals surface area contributed by atoms with Crippen molar-refractivity contribution < 1.29 is 14.7 Å². The zero-order chi connectivity index (χ0) is 13.4. The number of urea groups is 1. The summed E-state index contributed by atoms with van der Waals surface area (Å²) in [7, 11) is 0. The van der Waals surface area contributed by atoms with E-state index in [-0.39, 0.29) is 6.04 Å². The molecule has 0 fully saturated rings. The summed E-state index contributed by atoms with van der Waals surface area (Å²) in [6.45, 7) is 5.88. The molecule has 0 aromatic heterocycles. The van der Waals surface area contributed by atoms with Gasteiger partial charge in [0.1, 0.15) is 6.04 Å². The Labute approximate surface area is 107 Å². The van der Waals surface area contributed by atoms with E-state index in [1.54, 1.807) is 11.8 Å². The number of carboxylic acid groups (broad SMARTS) is 1. The minimum Gasteiger partial charge on any atom is -0.480 e. The van der Waals surface area contributed by atoms with Gasteiger partial charge in [0.2, 0.25) is 0 Å². The highest BCUT2D eigenvalue weighted by molar-refractivity contribution is 7.98. The van der Waals surface area contributed by atoms with Gasteiger partial charge in [-0.2, -0.15) is 11.8 Å². The van der Waals surface area contributed by atoms with E-state index in [0.717, 1.165) is 0 Å². The summed E-state index contributed by atoms with van der Waals surface area (Å²) in [5.41, 5.74) is 0. The Hall–Kier alpha value is -0.910. The normalized spacial score (nSPS) is 14.2. The molecule has 2 amide bonds. The second-order valence-corrected chi connectivity index (χ2v) is 5.31. The predicted octanol–water partition coefficient (Wildman–Crippen LogP) is 1.54. The van der Waals surface area contributed by atoms with E-state index >= 15 is 0 Å². The van der Waals surface area contributed by atoms with Gasteiger partial charge >= 0.3 is 12.0 Å². The summed E-state index contributed by atoms with van der Waals surface area (Å²) < 4.78 is 0. The second-order valence-electron chi connectivity index (χ2n) is 4.32. The molecule has 0 heterocycles. The van der Waals surface area contributed by atoms with Crippen LogP contribution in [0.15, 0.2) is 0 Å². The van der Waals surface area contributed by atoms with Crippen LogP contribution in [0.3, 0.4) is 0 Å². The molecule has 0 aromatic rings. The number of carbonyl (C=O) groups excluding carboxylic acids is 1. The summed E-state index contributed by atoms with van der Waals surface area (Å²) in [5.74, 6) is 0.0263. The van der Waals surface area contributed by atoms with E-state index in [1.807, 2.05) is 27.0 Å². The first kappa shape index (κ1) is 16.1. The second kappa shape index (κ2) is 8.22. The SMILES string of the molecule is CSCC[C@H](NC(=O)NC(C)C(C)C)C(=O)O. The van der Waals surface area contributed by atoms with Crippen LogP contribution in [0, 0.1) is 5.92 Å². The van der Waals surface area contributed by atoms with Crippen LogP contribution in [0.4, 0.5) is 4.79 Å². The molecule has 1 unspecified atom stereocenters. The van der Waals surface area contributed by atoms with Crippen molar-refractivity contribution in [2.45, 2.75) is 39.3 Å². The quantitative estimate of drug-likeness (QED) is 0.650. The van der Waals surface area contributed by atoms with E-state index in [2.05, 4.69) is 10.6 Å². The molecule has 0 bridgehead atoms. The third-order valence-electron chi connectivity index (χ3n) is 2.57. The van der Waals surface area contributed by atoms with Crippen molar-refractivity contribution in [2.24, 2.45) is 5.92 Å². The molecule has 3 N–H and O–H groups in total. The molecule has 0 aliphatic carbocycles. The Morgan fingerprint density at radius 3 is 2.24 bits per heavy atom. The van der Waals surface area contributed by atoms with Crippen LogP contribution in [0.25, 0.3) is 0 Å². The Bertz CT molecular complexity index is 259.